The summed E-state index contributed by atoms with van der Waals surface area (Å²) >= 11 is 3.47. The van der Waals surface area contributed by atoms with E-state index < -0.39 is 0 Å². The van der Waals surface area contributed by atoms with Gasteiger partial charge in [-0.05, 0) is 6.42 Å². The number of hydrogen-bond donors (Lipinski definition) is 0. The highest BCUT2D eigenvalue weighted by atomic mass is 79.9. The van der Waals surface area contributed by atoms with Crippen LogP contribution in [0, 0.1) is 0 Å². The monoisotopic (exact) mass is 302 g/mol. The molecule has 1 atom stereocenters. The van der Waals surface area contributed by atoms with Crippen molar-refractivity contribution in [2.45, 2.75) is 32.5 Å². The lowest BCUT2D eigenvalue weighted by atomic mass is 10.3. The van der Waals surface area contributed by atoms with Crippen LogP contribution in [0.25, 0.3) is 0 Å². The molecule has 0 aliphatic carbocycles. The summed E-state index contributed by atoms with van der Waals surface area (Å²) in [5.41, 5.74) is 0. The van der Waals surface area contributed by atoms with E-state index in [0.717, 1.165) is 50.4 Å². The van der Waals surface area contributed by atoms with Gasteiger partial charge in [-0.1, -0.05) is 22.9 Å². The van der Waals surface area contributed by atoms with Crippen molar-refractivity contribution in [2.75, 3.05) is 25.0 Å². The predicted molar refractivity (Wildman–Crippen MR) is 69.1 cm³/mol. The van der Waals surface area contributed by atoms with Gasteiger partial charge in [0.15, 0.2) is 0 Å². The van der Waals surface area contributed by atoms with E-state index in [-0.39, 0.29) is 0 Å². The van der Waals surface area contributed by atoms with E-state index in [1.165, 1.54) is 0 Å². The lowest BCUT2D eigenvalue weighted by molar-refractivity contribution is -0.0193. The van der Waals surface area contributed by atoms with Gasteiger partial charge < -0.3 is 4.74 Å². The van der Waals surface area contributed by atoms with Crippen LogP contribution in [0.3, 0.4) is 0 Å². The first-order valence-corrected chi connectivity index (χ1v) is 7.22. The quantitative estimate of drug-likeness (QED) is 0.769. The van der Waals surface area contributed by atoms with Crippen molar-refractivity contribution in [3.05, 3.63) is 12.2 Å². The molecular weight excluding hydrogens is 284 g/mol. The van der Waals surface area contributed by atoms with E-state index in [1.807, 2.05) is 4.68 Å². The topological polar surface area (TPSA) is 43.2 Å². The summed E-state index contributed by atoms with van der Waals surface area (Å²) in [6, 6.07) is 0. The van der Waals surface area contributed by atoms with Gasteiger partial charge in [-0.25, -0.2) is 9.67 Å². The largest absolute Gasteiger partial charge is 0.375 e. The Balaban J connectivity index is 1.93. The van der Waals surface area contributed by atoms with Crippen molar-refractivity contribution in [3.8, 4) is 0 Å². The van der Waals surface area contributed by atoms with Gasteiger partial charge in [-0.15, -0.1) is 0 Å². The number of alkyl halides is 1. The Labute approximate surface area is 110 Å². The number of aryl methyl sites for hydroxylation is 1. The summed E-state index contributed by atoms with van der Waals surface area (Å²) < 4.78 is 7.62. The molecule has 0 N–H and O–H groups in total. The van der Waals surface area contributed by atoms with Gasteiger partial charge in [0.05, 0.1) is 19.3 Å². The molecule has 1 aromatic rings. The molecule has 96 valence electrons. The molecular formula is C11H19BrN4O. The Morgan fingerprint density at radius 3 is 3.24 bits per heavy atom. The molecule has 1 saturated heterocycles. The fourth-order valence-electron chi connectivity index (χ4n) is 2.03. The second kappa shape index (κ2) is 6.47. The van der Waals surface area contributed by atoms with Crippen LogP contribution in [0.5, 0.6) is 0 Å². The van der Waals surface area contributed by atoms with Gasteiger partial charge in [-0.3, -0.25) is 4.90 Å². The molecule has 1 aromatic heterocycles. The van der Waals surface area contributed by atoms with Crippen LogP contribution in [0.15, 0.2) is 6.33 Å². The van der Waals surface area contributed by atoms with E-state index in [9.17, 15) is 0 Å². The molecule has 6 heteroatoms. The first-order chi connectivity index (χ1) is 8.33. The lowest BCUT2D eigenvalue weighted by Crippen LogP contribution is -2.43. The number of ether oxygens (including phenoxy) is 1. The summed E-state index contributed by atoms with van der Waals surface area (Å²) in [5.74, 6) is 1.06. The highest BCUT2D eigenvalue weighted by Gasteiger charge is 2.20. The number of halogens is 1. The predicted octanol–water partition coefficient (Wildman–Crippen LogP) is 1.28. The minimum absolute atomic E-state index is 0.297. The maximum atomic E-state index is 5.62. The molecule has 0 amide bonds. The summed E-state index contributed by atoms with van der Waals surface area (Å²) in [6.45, 7) is 6.71. The number of hydrogen-bond acceptors (Lipinski definition) is 4. The minimum atomic E-state index is 0.297. The Bertz CT molecular complexity index is 344. The third-order valence-corrected chi connectivity index (χ3v) is 3.61. The molecule has 1 aliphatic rings. The van der Waals surface area contributed by atoms with Crippen molar-refractivity contribution in [1.82, 2.24) is 19.7 Å². The Kier molecular flexibility index (Phi) is 4.94. The smallest absolute Gasteiger partial charge is 0.141 e. The summed E-state index contributed by atoms with van der Waals surface area (Å²) in [5, 5.41) is 5.14. The van der Waals surface area contributed by atoms with E-state index in [4.69, 9.17) is 4.74 Å². The van der Waals surface area contributed by atoms with Crippen LogP contribution in [-0.4, -0.2) is 50.8 Å². The van der Waals surface area contributed by atoms with Crippen LogP contribution in [-0.2, 0) is 17.8 Å². The van der Waals surface area contributed by atoms with Gasteiger partial charge in [0.1, 0.15) is 12.2 Å². The zero-order valence-corrected chi connectivity index (χ0v) is 11.8. The first-order valence-electron chi connectivity index (χ1n) is 6.10. The van der Waals surface area contributed by atoms with Crippen LogP contribution in [0.2, 0.25) is 0 Å². The summed E-state index contributed by atoms with van der Waals surface area (Å²) in [4.78, 5) is 6.72. The van der Waals surface area contributed by atoms with Crippen molar-refractivity contribution in [2.24, 2.45) is 0 Å². The van der Waals surface area contributed by atoms with Gasteiger partial charge in [0.2, 0.25) is 0 Å². The van der Waals surface area contributed by atoms with E-state index >= 15 is 0 Å². The standard InChI is InChI=1S/C11H19BrN4O/c1-2-3-16-11(13-9-14-16)8-15-4-5-17-10(6-12)7-15/h9-10H,2-8H2,1H3. The van der Waals surface area contributed by atoms with Gasteiger partial charge >= 0.3 is 0 Å². The molecule has 1 fully saturated rings. The first kappa shape index (κ1) is 13.0. The zero-order valence-electron chi connectivity index (χ0n) is 10.2. The Hall–Kier alpha value is -0.460. The molecule has 5 nitrogen and oxygen atoms in total. The number of nitrogens with zero attached hydrogens (tertiary/aromatic N) is 4. The molecule has 0 spiro atoms. The molecule has 2 heterocycles. The van der Waals surface area contributed by atoms with E-state index in [2.05, 4.69) is 37.8 Å². The average Bonchev–Trinajstić information content (AvgIpc) is 2.78. The van der Waals surface area contributed by atoms with E-state index in [0.29, 0.717) is 6.10 Å². The van der Waals surface area contributed by atoms with E-state index in [1.54, 1.807) is 6.33 Å². The minimum Gasteiger partial charge on any atom is -0.375 e. The third-order valence-electron chi connectivity index (χ3n) is 2.89. The molecule has 0 bridgehead atoms. The number of morpholine rings is 1. The highest BCUT2D eigenvalue weighted by molar-refractivity contribution is 9.09. The summed E-state index contributed by atoms with van der Waals surface area (Å²) in [7, 11) is 0. The molecule has 0 saturated carbocycles. The number of rotatable bonds is 5. The molecule has 1 aliphatic heterocycles. The second-order valence-corrected chi connectivity index (χ2v) is 4.93. The maximum absolute atomic E-state index is 5.62. The molecule has 0 radical (unpaired) electrons. The van der Waals surface area contributed by atoms with Gasteiger partial charge in [-0.2, -0.15) is 5.10 Å². The van der Waals surface area contributed by atoms with Crippen molar-refractivity contribution >= 4 is 15.9 Å². The van der Waals surface area contributed by atoms with Crippen LogP contribution < -0.4 is 0 Å². The van der Waals surface area contributed by atoms with Crippen molar-refractivity contribution in [3.63, 3.8) is 0 Å². The fraction of sp³-hybridized carbons (Fsp3) is 0.818. The molecule has 17 heavy (non-hydrogen) atoms. The SMILES string of the molecule is CCCn1ncnc1CN1CCOC(CBr)C1. The molecule has 1 unspecified atom stereocenters. The third kappa shape index (κ3) is 3.50. The maximum Gasteiger partial charge on any atom is 0.141 e. The second-order valence-electron chi connectivity index (χ2n) is 4.28. The Morgan fingerprint density at radius 1 is 1.59 bits per heavy atom. The number of aromatic nitrogens is 3. The summed E-state index contributed by atoms with van der Waals surface area (Å²) in [6.07, 6.45) is 3.03. The Morgan fingerprint density at radius 2 is 2.47 bits per heavy atom. The molecule has 2 rings (SSSR count). The van der Waals surface area contributed by atoms with Crippen LogP contribution >= 0.6 is 15.9 Å². The van der Waals surface area contributed by atoms with Crippen molar-refractivity contribution < 1.29 is 4.74 Å². The van der Waals surface area contributed by atoms with Crippen LogP contribution in [0.4, 0.5) is 0 Å². The van der Waals surface area contributed by atoms with Crippen molar-refractivity contribution in [1.29, 1.82) is 0 Å². The highest BCUT2D eigenvalue weighted by Crippen LogP contribution is 2.10. The fourth-order valence-corrected chi connectivity index (χ4v) is 2.42. The van der Waals surface area contributed by atoms with Gasteiger partial charge in [0.25, 0.3) is 0 Å². The normalized spacial score (nSPS) is 21.9. The zero-order chi connectivity index (χ0) is 12.1. The molecule has 0 aromatic carbocycles. The van der Waals surface area contributed by atoms with Gasteiger partial charge in [0, 0.05) is 25.0 Å². The average molecular weight is 303 g/mol. The van der Waals surface area contributed by atoms with Crippen LogP contribution in [0.1, 0.15) is 19.2 Å². The lowest BCUT2D eigenvalue weighted by Gasteiger charge is -2.31.